The van der Waals surface area contributed by atoms with Crippen molar-refractivity contribution in [2.24, 2.45) is 5.92 Å². The summed E-state index contributed by atoms with van der Waals surface area (Å²) in [7, 11) is 0. The Hall–Kier alpha value is -0.240. The van der Waals surface area contributed by atoms with Crippen LogP contribution in [0.5, 0.6) is 0 Å². The van der Waals surface area contributed by atoms with E-state index >= 15 is 0 Å². The van der Waals surface area contributed by atoms with Crippen LogP contribution in [0.3, 0.4) is 0 Å². The van der Waals surface area contributed by atoms with Gasteiger partial charge in [-0.3, -0.25) is 4.79 Å². The Morgan fingerprint density at radius 1 is 0.882 bits per heavy atom. The van der Waals surface area contributed by atoms with E-state index in [-0.39, 0.29) is 23.2 Å². The Labute approximate surface area is 109 Å². The molecule has 0 radical (unpaired) electrons. The number of alkyl halides is 1. The first-order valence-corrected chi connectivity index (χ1v) is 7.65. The van der Waals surface area contributed by atoms with Crippen molar-refractivity contribution in [3.05, 3.63) is 0 Å². The van der Waals surface area contributed by atoms with E-state index < -0.39 is 0 Å². The second kappa shape index (κ2) is 6.63. The summed E-state index contributed by atoms with van der Waals surface area (Å²) in [5.74, 6) is 0.518. The highest BCUT2D eigenvalue weighted by molar-refractivity contribution is 6.21. The highest BCUT2D eigenvalue weighted by atomic mass is 35.5. The van der Waals surface area contributed by atoms with Crippen LogP contribution < -0.4 is 5.32 Å². The Bertz CT molecular complexity index is 249. The third-order valence-electron chi connectivity index (χ3n) is 4.24. The summed E-state index contributed by atoms with van der Waals surface area (Å²) in [6, 6.07) is 0.231. The first-order chi connectivity index (χ1) is 8.27. The molecule has 2 nitrogen and oxygen atoms in total. The van der Waals surface area contributed by atoms with E-state index in [0.717, 1.165) is 32.1 Å². The van der Waals surface area contributed by atoms with Gasteiger partial charge in [0.1, 0.15) is 0 Å². The van der Waals surface area contributed by atoms with Crippen molar-refractivity contribution in [3.63, 3.8) is 0 Å². The van der Waals surface area contributed by atoms with Crippen molar-refractivity contribution in [1.29, 1.82) is 0 Å². The van der Waals surface area contributed by atoms with E-state index in [1.165, 1.54) is 32.1 Å². The molecule has 0 heterocycles. The fourth-order valence-corrected chi connectivity index (χ4v) is 3.44. The predicted molar refractivity (Wildman–Crippen MR) is 71.2 cm³/mol. The summed E-state index contributed by atoms with van der Waals surface area (Å²) in [6.07, 6.45) is 11.8. The summed E-state index contributed by atoms with van der Waals surface area (Å²) in [5.41, 5.74) is 0. The number of hydrogen-bond acceptors (Lipinski definition) is 1. The van der Waals surface area contributed by atoms with Gasteiger partial charge in [-0.05, 0) is 32.1 Å². The molecule has 2 unspecified atom stereocenters. The number of nitrogens with one attached hydrogen (secondary N) is 1. The lowest BCUT2D eigenvalue weighted by molar-refractivity contribution is -0.126. The lowest BCUT2D eigenvalue weighted by Gasteiger charge is -2.23. The fourth-order valence-electron chi connectivity index (χ4n) is 3.10. The summed E-state index contributed by atoms with van der Waals surface area (Å²) in [5, 5.41) is 3.34. The highest BCUT2D eigenvalue weighted by Crippen LogP contribution is 2.26. The molecule has 3 heteroatoms. The van der Waals surface area contributed by atoms with Gasteiger partial charge in [-0.1, -0.05) is 32.1 Å². The predicted octanol–water partition coefficient (Wildman–Crippen LogP) is 3.62. The van der Waals surface area contributed by atoms with Crippen molar-refractivity contribution in [1.82, 2.24) is 5.32 Å². The molecule has 0 aliphatic heterocycles. The van der Waals surface area contributed by atoms with E-state index in [4.69, 9.17) is 11.6 Å². The van der Waals surface area contributed by atoms with Crippen molar-refractivity contribution < 1.29 is 4.79 Å². The average Bonchev–Trinajstić information content (AvgIpc) is 2.63. The van der Waals surface area contributed by atoms with Gasteiger partial charge in [0.15, 0.2) is 0 Å². The van der Waals surface area contributed by atoms with E-state index in [9.17, 15) is 4.79 Å². The molecule has 1 N–H and O–H groups in total. The second-order valence-corrected chi connectivity index (χ2v) is 6.16. The van der Waals surface area contributed by atoms with Gasteiger partial charge in [0.2, 0.25) is 5.91 Å². The lowest BCUT2D eigenvalue weighted by atomic mass is 9.90. The maximum atomic E-state index is 12.2. The maximum absolute atomic E-state index is 12.2. The molecule has 0 aromatic rings. The average molecular weight is 258 g/mol. The van der Waals surface area contributed by atoms with Gasteiger partial charge in [-0.25, -0.2) is 0 Å². The Morgan fingerprint density at radius 3 is 2.12 bits per heavy atom. The quantitative estimate of drug-likeness (QED) is 0.752. The molecule has 2 aliphatic rings. The topological polar surface area (TPSA) is 29.1 Å². The summed E-state index contributed by atoms with van der Waals surface area (Å²) in [4.78, 5) is 12.2. The van der Waals surface area contributed by atoms with E-state index in [1.807, 2.05) is 0 Å². The summed E-state index contributed by atoms with van der Waals surface area (Å²) >= 11 is 6.20. The number of hydrogen-bond donors (Lipinski definition) is 1. The van der Waals surface area contributed by atoms with Gasteiger partial charge in [-0.15, -0.1) is 11.6 Å². The zero-order valence-corrected chi connectivity index (χ0v) is 11.3. The van der Waals surface area contributed by atoms with Gasteiger partial charge < -0.3 is 5.32 Å². The highest BCUT2D eigenvalue weighted by Gasteiger charge is 2.29. The van der Waals surface area contributed by atoms with E-state index in [2.05, 4.69) is 5.32 Å². The molecule has 17 heavy (non-hydrogen) atoms. The zero-order valence-electron chi connectivity index (χ0n) is 10.6. The minimum Gasteiger partial charge on any atom is -0.352 e. The van der Waals surface area contributed by atoms with Gasteiger partial charge in [-0.2, -0.15) is 0 Å². The third-order valence-corrected chi connectivity index (χ3v) is 4.76. The van der Waals surface area contributed by atoms with Crippen LogP contribution >= 0.6 is 11.6 Å². The molecule has 0 aromatic carbocycles. The van der Waals surface area contributed by atoms with Crippen LogP contribution in [0, 0.1) is 5.92 Å². The van der Waals surface area contributed by atoms with Crippen molar-refractivity contribution in [3.8, 4) is 0 Å². The summed E-state index contributed by atoms with van der Waals surface area (Å²) < 4.78 is 0. The van der Waals surface area contributed by atoms with Crippen LogP contribution in [-0.4, -0.2) is 17.3 Å². The first-order valence-electron chi connectivity index (χ1n) is 7.22. The molecule has 2 fully saturated rings. The van der Waals surface area contributed by atoms with Crippen molar-refractivity contribution in [2.45, 2.75) is 75.6 Å². The van der Waals surface area contributed by atoms with Crippen LogP contribution in [-0.2, 0) is 4.79 Å². The number of rotatable bonds is 2. The monoisotopic (exact) mass is 257 g/mol. The van der Waals surface area contributed by atoms with Crippen LogP contribution in [0.4, 0.5) is 0 Å². The molecule has 1 amide bonds. The van der Waals surface area contributed by atoms with Crippen LogP contribution in [0.15, 0.2) is 0 Å². The standard InChI is InChI=1S/C14H24ClNO/c15-12-9-6-10-13(12)16-14(17)11-7-4-2-1-3-5-8-11/h11-13H,1-10H2,(H,16,17). The molecular formula is C14H24ClNO. The van der Waals surface area contributed by atoms with Crippen LogP contribution in [0.2, 0.25) is 0 Å². The number of carbonyl (C=O) groups excluding carboxylic acids is 1. The molecule has 0 saturated heterocycles. The number of amides is 1. The molecule has 2 atom stereocenters. The molecule has 0 aromatic heterocycles. The van der Waals surface area contributed by atoms with Crippen LogP contribution in [0.1, 0.15) is 64.2 Å². The van der Waals surface area contributed by atoms with Gasteiger partial charge >= 0.3 is 0 Å². The van der Waals surface area contributed by atoms with Gasteiger partial charge in [0.25, 0.3) is 0 Å². The second-order valence-electron chi connectivity index (χ2n) is 5.60. The SMILES string of the molecule is O=C(NC1CCCC1Cl)C1CCCCCCC1. The molecule has 0 bridgehead atoms. The Balaban J connectivity index is 1.80. The minimum absolute atomic E-state index is 0.160. The third kappa shape index (κ3) is 3.87. The zero-order chi connectivity index (χ0) is 12.1. The molecule has 2 aliphatic carbocycles. The number of halogens is 1. The Kier molecular flexibility index (Phi) is 5.15. The molecule has 0 spiro atoms. The summed E-state index contributed by atoms with van der Waals surface area (Å²) in [6.45, 7) is 0. The van der Waals surface area contributed by atoms with E-state index in [1.54, 1.807) is 0 Å². The largest absolute Gasteiger partial charge is 0.352 e. The fraction of sp³-hybridized carbons (Fsp3) is 0.929. The van der Waals surface area contributed by atoms with Gasteiger partial charge in [0, 0.05) is 12.0 Å². The van der Waals surface area contributed by atoms with Gasteiger partial charge in [0.05, 0.1) is 5.38 Å². The molecule has 2 saturated carbocycles. The Morgan fingerprint density at radius 2 is 1.53 bits per heavy atom. The maximum Gasteiger partial charge on any atom is 0.223 e. The molecule has 98 valence electrons. The van der Waals surface area contributed by atoms with Crippen LogP contribution in [0.25, 0.3) is 0 Å². The molecule has 2 rings (SSSR count). The minimum atomic E-state index is 0.160. The van der Waals surface area contributed by atoms with Crippen molar-refractivity contribution >= 4 is 17.5 Å². The number of carbonyl (C=O) groups is 1. The molecular weight excluding hydrogens is 234 g/mol. The lowest BCUT2D eigenvalue weighted by Crippen LogP contribution is -2.41. The smallest absolute Gasteiger partial charge is 0.223 e. The van der Waals surface area contributed by atoms with Crippen molar-refractivity contribution in [2.75, 3.05) is 0 Å². The first kappa shape index (κ1) is 13.2. The van der Waals surface area contributed by atoms with E-state index in [0.29, 0.717) is 0 Å². The normalized spacial score (nSPS) is 31.8.